The minimum absolute atomic E-state index is 0.399. The van der Waals surface area contributed by atoms with Gasteiger partial charge in [0.2, 0.25) is 10.0 Å². The fraction of sp³-hybridized carbons (Fsp3) is 0.375. The first-order chi connectivity index (χ1) is 6.08. The summed E-state index contributed by atoms with van der Waals surface area (Å²) in [6.07, 6.45) is 3.45. The van der Waals surface area contributed by atoms with Crippen LogP contribution < -0.4 is 4.72 Å². The van der Waals surface area contributed by atoms with Gasteiger partial charge in [0.15, 0.2) is 0 Å². The summed E-state index contributed by atoms with van der Waals surface area (Å²) in [6, 6.07) is 5.57. The van der Waals surface area contributed by atoms with Crippen LogP contribution in [0.2, 0.25) is 0 Å². The van der Waals surface area contributed by atoms with Crippen LogP contribution in [0.4, 0.5) is 0 Å². The molecule has 1 N–H and O–H groups in total. The van der Waals surface area contributed by atoms with Crippen molar-refractivity contribution in [2.75, 3.05) is 12.8 Å². The SMILES string of the molecule is CS(=O)(=O)NCCc1ccccn1. The lowest BCUT2D eigenvalue weighted by atomic mass is 10.3. The highest BCUT2D eigenvalue weighted by atomic mass is 32.2. The normalized spacial score (nSPS) is 11.5. The predicted octanol–water partition coefficient (Wildman–Crippen LogP) is 0.173. The van der Waals surface area contributed by atoms with Crippen molar-refractivity contribution in [1.82, 2.24) is 9.71 Å². The van der Waals surface area contributed by atoms with Gasteiger partial charge in [0, 0.05) is 24.9 Å². The van der Waals surface area contributed by atoms with Gasteiger partial charge in [0.05, 0.1) is 6.26 Å². The quantitative estimate of drug-likeness (QED) is 0.754. The lowest BCUT2D eigenvalue weighted by Crippen LogP contribution is -2.24. The molecule has 72 valence electrons. The van der Waals surface area contributed by atoms with Gasteiger partial charge in [-0.3, -0.25) is 4.98 Å². The van der Waals surface area contributed by atoms with Crippen molar-refractivity contribution in [2.45, 2.75) is 6.42 Å². The van der Waals surface area contributed by atoms with Gasteiger partial charge in [0.1, 0.15) is 0 Å². The Labute approximate surface area is 78.1 Å². The van der Waals surface area contributed by atoms with Crippen LogP contribution in [0.1, 0.15) is 5.69 Å². The Morgan fingerprint density at radius 2 is 2.23 bits per heavy atom. The Balaban J connectivity index is 2.37. The first-order valence-electron chi connectivity index (χ1n) is 3.92. The molecule has 1 heterocycles. The molecule has 0 radical (unpaired) electrons. The fourth-order valence-electron chi connectivity index (χ4n) is 0.911. The summed E-state index contributed by atoms with van der Waals surface area (Å²) >= 11 is 0. The maximum Gasteiger partial charge on any atom is 0.208 e. The monoisotopic (exact) mass is 200 g/mol. The zero-order valence-corrected chi connectivity index (χ0v) is 8.21. The minimum atomic E-state index is -3.07. The highest BCUT2D eigenvalue weighted by molar-refractivity contribution is 7.88. The highest BCUT2D eigenvalue weighted by Crippen LogP contribution is 1.93. The average molecular weight is 200 g/mol. The molecule has 0 spiro atoms. The van der Waals surface area contributed by atoms with Crippen LogP contribution >= 0.6 is 0 Å². The number of nitrogens with one attached hydrogen (secondary N) is 1. The zero-order valence-electron chi connectivity index (χ0n) is 7.40. The predicted molar refractivity (Wildman–Crippen MR) is 50.8 cm³/mol. The summed E-state index contributed by atoms with van der Waals surface area (Å²) in [4.78, 5) is 4.06. The molecule has 0 saturated carbocycles. The van der Waals surface area contributed by atoms with Crippen molar-refractivity contribution in [1.29, 1.82) is 0 Å². The lowest BCUT2D eigenvalue weighted by molar-refractivity contribution is 0.587. The second-order valence-corrected chi connectivity index (χ2v) is 4.57. The van der Waals surface area contributed by atoms with E-state index in [2.05, 4.69) is 9.71 Å². The van der Waals surface area contributed by atoms with E-state index >= 15 is 0 Å². The first-order valence-corrected chi connectivity index (χ1v) is 5.81. The van der Waals surface area contributed by atoms with Crippen LogP contribution in [-0.4, -0.2) is 26.2 Å². The first kappa shape index (κ1) is 10.1. The molecule has 4 nitrogen and oxygen atoms in total. The zero-order chi connectivity index (χ0) is 9.73. The molecule has 0 aliphatic rings. The van der Waals surface area contributed by atoms with Gasteiger partial charge < -0.3 is 0 Å². The van der Waals surface area contributed by atoms with Gasteiger partial charge in [-0.25, -0.2) is 13.1 Å². The highest BCUT2D eigenvalue weighted by Gasteiger charge is 1.99. The molecular formula is C8H12N2O2S. The molecule has 13 heavy (non-hydrogen) atoms. The molecule has 0 atom stereocenters. The van der Waals surface area contributed by atoms with E-state index in [1.165, 1.54) is 0 Å². The summed E-state index contributed by atoms with van der Waals surface area (Å²) in [5, 5.41) is 0. The largest absolute Gasteiger partial charge is 0.261 e. The summed E-state index contributed by atoms with van der Waals surface area (Å²) in [6.45, 7) is 0.399. The Hall–Kier alpha value is -0.940. The maximum atomic E-state index is 10.7. The molecule has 0 aliphatic carbocycles. The minimum Gasteiger partial charge on any atom is -0.261 e. The van der Waals surface area contributed by atoms with Gasteiger partial charge in [0.25, 0.3) is 0 Å². The Bertz CT molecular complexity index is 348. The molecular weight excluding hydrogens is 188 g/mol. The molecule has 0 saturated heterocycles. The van der Waals surface area contributed by atoms with Gasteiger partial charge in [-0.1, -0.05) is 6.07 Å². The summed E-state index contributed by atoms with van der Waals surface area (Å²) < 4.78 is 23.8. The van der Waals surface area contributed by atoms with Crippen LogP contribution in [-0.2, 0) is 16.4 Å². The van der Waals surface area contributed by atoms with E-state index in [1.807, 2.05) is 18.2 Å². The second kappa shape index (κ2) is 4.34. The van der Waals surface area contributed by atoms with Crippen molar-refractivity contribution in [3.8, 4) is 0 Å². The fourth-order valence-corrected chi connectivity index (χ4v) is 1.38. The molecule has 0 aromatic carbocycles. The molecule has 1 aromatic rings. The van der Waals surface area contributed by atoms with Crippen molar-refractivity contribution in [3.63, 3.8) is 0 Å². The van der Waals surface area contributed by atoms with Crippen LogP contribution in [0.5, 0.6) is 0 Å². The summed E-state index contributed by atoms with van der Waals surface area (Å²) in [5.41, 5.74) is 0.888. The molecule has 1 rings (SSSR count). The van der Waals surface area contributed by atoms with Crippen LogP contribution in [0, 0.1) is 0 Å². The maximum absolute atomic E-state index is 10.7. The van der Waals surface area contributed by atoms with E-state index < -0.39 is 10.0 Å². The van der Waals surface area contributed by atoms with E-state index in [4.69, 9.17) is 0 Å². The van der Waals surface area contributed by atoms with Crippen molar-refractivity contribution in [2.24, 2.45) is 0 Å². The molecule has 1 aromatic heterocycles. The lowest BCUT2D eigenvalue weighted by Gasteiger charge is -2.00. The summed E-state index contributed by atoms with van der Waals surface area (Å²) in [5.74, 6) is 0. The van der Waals surface area contributed by atoms with Gasteiger partial charge in [-0.2, -0.15) is 0 Å². The smallest absolute Gasteiger partial charge is 0.208 e. The number of sulfonamides is 1. The third-order valence-corrected chi connectivity index (χ3v) is 2.20. The van der Waals surface area contributed by atoms with Gasteiger partial charge in [-0.05, 0) is 12.1 Å². The standard InChI is InChI=1S/C8H12N2O2S/c1-13(11,12)10-7-5-8-4-2-3-6-9-8/h2-4,6,10H,5,7H2,1H3. The Morgan fingerprint density at radius 3 is 2.77 bits per heavy atom. The van der Waals surface area contributed by atoms with Crippen molar-refractivity contribution < 1.29 is 8.42 Å². The number of aromatic nitrogens is 1. The van der Waals surface area contributed by atoms with Gasteiger partial charge in [-0.15, -0.1) is 0 Å². The number of hydrogen-bond donors (Lipinski definition) is 1. The van der Waals surface area contributed by atoms with Crippen LogP contribution in [0.25, 0.3) is 0 Å². The Morgan fingerprint density at radius 1 is 1.46 bits per heavy atom. The van der Waals surface area contributed by atoms with Crippen molar-refractivity contribution >= 4 is 10.0 Å². The van der Waals surface area contributed by atoms with Gasteiger partial charge >= 0.3 is 0 Å². The molecule has 0 bridgehead atoms. The molecule has 0 unspecified atom stereocenters. The van der Waals surface area contributed by atoms with E-state index in [0.717, 1.165) is 11.9 Å². The molecule has 0 aliphatic heterocycles. The number of rotatable bonds is 4. The van der Waals surface area contributed by atoms with Crippen LogP contribution in [0.15, 0.2) is 24.4 Å². The third-order valence-electron chi connectivity index (χ3n) is 1.47. The van der Waals surface area contributed by atoms with E-state index in [-0.39, 0.29) is 0 Å². The third kappa shape index (κ3) is 4.59. The average Bonchev–Trinajstić information content (AvgIpc) is 2.04. The number of pyridine rings is 1. The second-order valence-electron chi connectivity index (χ2n) is 2.74. The molecule has 0 amide bonds. The number of nitrogens with zero attached hydrogens (tertiary/aromatic N) is 1. The van der Waals surface area contributed by atoms with E-state index in [0.29, 0.717) is 13.0 Å². The summed E-state index contributed by atoms with van der Waals surface area (Å²) in [7, 11) is -3.07. The molecule has 0 fully saturated rings. The Kier molecular flexibility index (Phi) is 3.39. The topological polar surface area (TPSA) is 59.1 Å². The van der Waals surface area contributed by atoms with E-state index in [1.54, 1.807) is 6.20 Å². The van der Waals surface area contributed by atoms with E-state index in [9.17, 15) is 8.42 Å². The molecule has 5 heteroatoms. The van der Waals surface area contributed by atoms with Crippen molar-refractivity contribution in [3.05, 3.63) is 30.1 Å². The van der Waals surface area contributed by atoms with Crippen LogP contribution in [0.3, 0.4) is 0 Å². The number of hydrogen-bond acceptors (Lipinski definition) is 3.